The lowest BCUT2D eigenvalue weighted by molar-refractivity contribution is -0.816. The van der Waals surface area contributed by atoms with Crippen LogP contribution in [0.3, 0.4) is 0 Å². The molecule has 4 rings (SSSR count). The van der Waals surface area contributed by atoms with Gasteiger partial charge in [-0.15, -0.1) is 5.92 Å². The number of urea groups is 1. The van der Waals surface area contributed by atoms with E-state index in [1.54, 1.807) is 49.1 Å². The summed E-state index contributed by atoms with van der Waals surface area (Å²) < 4.78 is 29.3. The van der Waals surface area contributed by atoms with Gasteiger partial charge in [-0.1, -0.05) is 29.8 Å². The number of oxime groups is 1. The first-order chi connectivity index (χ1) is 18.1. The van der Waals surface area contributed by atoms with Crippen molar-refractivity contribution in [3.63, 3.8) is 0 Å². The van der Waals surface area contributed by atoms with E-state index in [0.717, 1.165) is 16.8 Å². The van der Waals surface area contributed by atoms with Gasteiger partial charge >= 0.3 is 12.0 Å². The monoisotopic (exact) mass is 521 g/mol. The molecule has 1 N–H and O–H groups in total. The molecule has 11 heteroatoms. The Morgan fingerprint density at radius 1 is 1.21 bits per heavy atom. The highest BCUT2D eigenvalue weighted by atomic mass is 19.3. The molecule has 1 aromatic carbocycles. The Balaban J connectivity index is 1.49. The smallest absolute Gasteiger partial charge is 0.331 e. The lowest BCUT2D eigenvalue weighted by atomic mass is 10.0. The second-order valence-corrected chi connectivity index (χ2v) is 9.38. The Bertz CT molecular complexity index is 1440. The minimum Gasteiger partial charge on any atom is -0.331 e. The zero-order valence-electron chi connectivity index (χ0n) is 21.4. The van der Waals surface area contributed by atoms with Gasteiger partial charge in [-0.05, 0) is 30.3 Å². The SMILES string of the molecule is [CH2-]C(/C=N\Oc1ncccn1)c1ccn2c(-c3cccc(NC(=O)[N+](C)(C)CC(F)(F)CC)c3)cnc2c1. The number of imidazole rings is 1. The Kier molecular flexibility index (Phi) is 7.77. The molecule has 3 heterocycles. The number of alkyl halides is 2. The largest absolute Gasteiger partial charge is 0.420 e. The molecule has 0 aliphatic carbocycles. The van der Waals surface area contributed by atoms with E-state index in [1.165, 1.54) is 21.0 Å². The quantitative estimate of drug-likeness (QED) is 0.137. The number of rotatable bonds is 9. The van der Waals surface area contributed by atoms with Crippen molar-refractivity contribution >= 4 is 23.6 Å². The van der Waals surface area contributed by atoms with Crippen LogP contribution in [0.4, 0.5) is 19.3 Å². The lowest BCUT2D eigenvalue weighted by Crippen LogP contribution is -2.54. The molecule has 9 nitrogen and oxygen atoms in total. The number of anilines is 1. The molecular weight excluding hydrogens is 492 g/mol. The van der Waals surface area contributed by atoms with E-state index in [0.29, 0.717) is 11.3 Å². The minimum atomic E-state index is -2.93. The summed E-state index contributed by atoms with van der Waals surface area (Å²) >= 11 is 0. The normalized spacial score (nSPS) is 13.1. The van der Waals surface area contributed by atoms with E-state index < -0.39 is 23.0 Å². The van der Waals surface area contributed by atoms with Gasteiger partial charge in [-0.25, -0.2) is 33.0 Å². The molecule has 0 saturated carbocycles. The van der Waals surface area contributed by atoms with Crippen molar-refractivity contribution in [2.45, 2.75) is 25.2 Å². The number of carbonyl (C=O) groups is 1. The molecule has 0 fully saturated rings. The second-order valence-electron chi connectivity index (χ2n) is 9.38. The Hall–Kier alpha value is -4.25. The zero-order valence-corrected chi connectivity index (χ0v) is 21.4. The molecule has 1 unspecified atom stereocenters. The number of halogens is 2. The third-order valence-corrected chi connectivity index (χ3v) is 5.99. The van der Waals surface area contributed by atoms with Crippen LogP contribution in [0.25, 0.3) is 16.9 Å². The summed E-state index contributed by atoms with van der Waals surface area (Å²) in [6.07, 6.45) is 7.94. The van der Waals surface area contributed by atoms with E-state index in [2.05, 4.69) is 32.3 Å². The number of aromatic nitrogens is 4. The number of quaternary nitrogens is 1. The minimum absolute atomic E-state index is 0.143. The molecule has 0 radical (unpaired) electrons. The number of benzene rings is 1. The average Bonchev–Trinajstić information content (AvgIpc) is 3.32. The summed E-state index contributed by atoms with van der Waals surface area (Å²) in [5.41, 5.74) is 3.67. The van der Waals surface area contributed by atoms with E-state index in [1.807, 2.05) is 28.8 Å². The van der Waals surface area contributed by atoms with Crippen molar-refractivity contribution in [1.29, 1.82) is 0 Å². The fourth-order valence-electron chi connectivity index (χ4n) is 3.80. The molecule has 38 heavy (non-hydrogen) atoms. The summed E-state index contributed by atoms with van der Waals surface area (Å²) in [6.45, 7) is 4.92. The average molecular weight is 522 g/mol. The number of pyridine rings is 1. The first-order valence-electron chi connectivity index (χ1n) is 12.0. The molecule has 1 atom stereocenters. The van der Waals surface area contributed by atoms with Crippen LogP contribution >= 0.6 is 0 Å². The Morgan fingerprint density at radius 3 is 2.71 bits per heavy atom. The van der Waals surface area contributed by atoms with E-state index in [9.17, 15) is 13.6 Å². The molecule has 0 aliphatic heterocycles. The predicted octanol–water partition coefficient (Wildman–Crippen LogP) is 5.43. The van der Waals surface area contributed by atoms with Crippen molar-refractivity contribution in [3.05, 3.63) is 79.7 Å². The third-order valence-electron chi connectivity index (χ3n) is 5.99. The van der Waals surface area contributed by atoms with Crippen molar-refractivity contribution in [2.75, 3.05) is 26.0 Å². The van der Waals surface area contributed by atoms with Gasteiger partial charge in [0.15, 0.2) is 6.54 Å². The molecule has 0 spiro atoms. The van der Waals surface area contributed by atoms with Crippen LogP contribution in [-0.4, -0.2) is 62.6 Å². The number of amides is 2. The summed E-state index contributed by atoms with van der Waals surface area (Å²) in [5, 5.41) is 6.67. The Morgan fingerprint density at radius 2 is 1.97 bits per heavy atom. The number of hydrogen-bond donors (Lipinski definition) is 1. The topological polar surface area (TPSA) is 93.8 Å². The maximum atomic E-state index is 13.9. The van der Waals surface area contributed by atoms with E-state index >= 15 is 0 Å². The molecule has 0 aliphatic rings. The maximum absolute atomic E-state index is 13.9. The molecule has 198 valence electrons. The fourth-order valence-corrected chi connectivity index (χ4v) is 3.80. The van der Waals surface area contributed by atoms with Crippen LogP contribution in [0.5, 0.6) is 6.01 Å². The second kappa shape index (κ2) is 11.0. The molecule has 0 saturated heterocycles. The van der Waals surface area contributed by atoms with Crippen LogP contribution in [0.2, 0.25) is 0 Å². The van der Waals surface area contributed by atoms with Gasteiger partial charge in [0, 0.05) is 42.5 Å². The zero-order chi connectivity index (χ0) is 27.3. The summed E-state index contributed by atoms with van der Waals surface area (Å²) in [5.74, 6) is -3.23. The van der Waals surface area contributed by atoms with Crippen LogP contribution < -0.4 is 10.2 Å². The number of carbonyl (C=O) groups excluding carboxylic acids is 1. The molecule has 3 aromatic heterocycles. The highest BCUT2D eigenvalue weighted by Gasteiger charge is 2.40. The van der Waals surface area contributed by atoms with Gasteiger partial charge < -0.3 is 11.8 Å². The number of hydrogen-bond acceptors (Lipinski definition) is 6. The highest BCUT2D eigenvalue weighted by molar-refractivity contribution is 5.85. The number of nitrogens with zero attached hydrogens (tertiary/aromatic N) is 6. The summed E-state index contributed by atoms with van der Waals surface area (Å²) in [4.78, 5) is 30.3. The number of nitrogens with one attached hydrogen (secondary N) is 1. The van der Waals surface area contributed by atoms with Crippen molar-refractivity contribution in [2.24, 2.45) is 5.16 Å². The van der Waals surface area contributed by atoms with Gasteiger partial charge in [0.2, 0.25) is 0 Å². The van der Waals surface area contributed by atoms with Crippen LogP contribution in [0, 0.1) is 6.92 Å². The van der Waals surface area contributed by atoms with E-state index in [-0.39, 0.29) is 18.3 Å². The first kappa shape index (κ1) is 26.8. The van der Waals surface area contributed by atoms with Crippen LogP contribution in [0.1, 0.15) is 24.8 Å². The summed E-state index contributed by atoms with van der Waals surface area (Å²) in [6, 6.07) is 12.3. The third kappa shape index (κ3) is 6.35. The Labute approximate surface area is 219 Å². The molecule has 0 bridgehead atoms. The number of fused-ring (bicyclic) bond motifs is 1. The lowest BCUT2D eigenvalue weighted by Gasteiger charge is -2.30. The van der Waals surface area contributed by atoms with Gasteiger partial charge in [0.05, 0.1) is 26.0 Å². The van der Waals surface area contributed by atoms with Gasteiger partial charge in [-0.3, -0.25) is 9.72 Å². The standard InChI is InChI=1S/C27H29F2N7O2/c1-5-27(28,29)18-36(3,4)26(37)34-22-9-6-8-21(14-22)23-17-32-24-15-20(10-13-35(23)24)19(2)16-33-38-25-30-11-7-12-31-25/h6-17,19H,2,5,18H2,1,3-4H3,(H,34,37)/b33-16-. The highest BCUT2D eigenvalue weighted by Crippen LogP contribution is 2.27. The van der Waals surface area contributed by atoms with Gasteiger partial charge in [-0.2, -0.15) is 0 Å². The van der Waals surface area contributed by atoms with Gasteiger partial charge in [0.1, 0.15) is 5.65 Å². The van der Waals surface area contributed by atoms with Crippen molar-refractivity contribution in [1.82, 2.24) is 19.4 Å². The molecule has 2 amide bonds. The van der Waals surface area contributed by atoms with Gasteiger partial charge in [0.25, 0.3) is 5.92 Å². The molecule has 4 aromatic rings. The van der Waals surface area contributed by atoms with Crippen LogP contribution in [-0.2, 0) is 0 Å². The van der Waals surface area contributed by atoms with E-state index in [4.69, 9.17) is 4.84 Å². The van der Waals surface area contributed by atoms with Crippen molar-refractivity contribution < 1.29 is 22.9 Å². The van der Waals surface area contributed by atoms with Crippen LogP contribution in [0.15, 0.2) is 72.4 Å². The van der Waals surface area contributed by atoms with Crippen molar-refractivity contribution in [3.8, 4) is 17.3 Å². The predicted molar refractivity (Wildman–Crippen MR) is 141 cm³/mol. The first-order valence-corrected chi connectivity index (χ1v) is 12.0. The molecular formula is C27H29F2N7O2. The summed E-state index contributed by atoms with van der Waals surface area (Å²) in [7, 11) is 2.93. The fraction of sp³-hybridized carbons (Fsp3) is 0.259. The maximum Gasteiger partial charge on any atom is 0.420 e.